The maximum atomic E-state index is 6.69. The molecule has 1 aromatic heterocycles. The number of anilines is 6. The fourth-order valence-electron chi connectivity index (χ4n) is 12.1. The van der Waals surface area contributed by atoms with Crippen LogP contribution in [0.15, 0.2) is 283 Å². The largest absolute Gasteiger partial charge is 0.457 e. The Kier molecular flexibility index (Phi) is 9.76. The first-order valence-corrected chi connectivity index (χ1v) is 25.6. The van der Waals surface area contributed by atoms with E-state index in [0.29, 0.717) is 0 Å². The van der Waals surface area contributed by atoms with Gasteiger partial charge in [0.15, 0.2) is 0 Å². The van der Waals surface area contributed by atoms with Crippen LogP contribution in [-0.4, -0.2) is 0 Å². The second-order valence-electron chi connectivity index (χ2n) is 19.6. The molecule has 1 spiro atoms. The molecule has 2 aliphatic rings. The Morgan fingerprint density at radius 1 is 0.267 bits per heavy atom. The lowest BCUT2D eigenvalue weighted by Gasteiger charge is -2.39. The molecule has 0 radical (unpaired) electrons. The first-order chi connectivity index (χ1) is 37.2. The summed E-state index contributed by atoms with van der Waals surface area (Å²) in [7, 11) is 0. The van der Waals surface area contributed by atoms with Crippen LogP contribution in [0.2, 0.25) is 0 Å². The summed E-state index contributed by atoms with van der Waals surface area (Å²) in [4.78, 5) is 4.78. The van der Waals surface area contributed by atoms with Crippen LogP contribution in [0, 0.1) is 0 Å². The third kappa shape index (κ3) is 6.84. The quantitative estimate of drug-likeness (QED) is 0.152. The zero-order valence-corrected chi connectivity index (χ0v) is 40.8. The Morgan fingerprint density at radius 3 is 1.56 bits per heavy atom. The molecular weight excluding hydrogens is 913 g/mol. The zero-order valence-electron chi connectivity index (χ0n) is 40.8. The minimum atomic E-state index is -0.581. The van der Waals surface area contributed by atoms with Gasteiger partial charge in [-0.05, 0) is 158 Å². The van der Waals surface area contributed by atoms with Crippen molar-refractivity contribution in [1.82, 2.24) is 0 Å². The van der Waals surface area contributed by atoms with Gasteiger partial charge in [0.25, 0.3) is 0 Å². The predicted molar refractivity (Wildman–Crippen MR) is 309 cm³/mol. The van der Waals surface area contributed by atoms with Crippen molar-refractivity contribution < 1.29 is 9.15 Å². The maximum absolute atomic E-state index is 6.69. The highest BCUT2D eigenvalue weighted by Gasteiger charge is 2.51. The summed E-state index contributed by atoms with van der Waals surface area (Å²) in [5.41, 5.74) is 19.1. The van der Waals surface area contributed by atoms with Gasteiger partial charge in [-0.1, -0.05) is 176 Å². The molecule has 1 aliphatic heterocycles. The first-order valence-electron chi connectivity index (χ1n) is 25.6. The normalized spacial score (nSPS) is 12.7. The zero-order chi connectivity index (χ0) is 49.5. The van der Waals surface area contributed by atoms with Gasteiger partial charge in [-0.3, -0.25) is 0 Å². The van der Waals surface area contributed by atoms with Crippen molar-refractivity contribution in [2.75, 3.05) is 9.80 Å². The van der Waals surface area contributed by atoms with E-state index in [1.807, 2.05) is 12.1 Å². The molecule has 1 aliphatic carbocycles. The van der Waals surface area contributed by atoms with Crippen LogP contribution < -0.4 is 14.5 Å². The summed E-state index contributed by atoms with van der Waals surface area (Å²) in [5.74, 6) is 1.76. The van der Waals surface area contributed by atoms with Crippen molar-refractivity contribution in [1.29, 1.82) is 0 Å². The van der Waals surface area contributed by atoms with Crippen LogP contribution in [0.1, 0.15) is 22.3 Å². The Hall–Kier alpha value is -9.90. The summed E-state index contributed by atoms with van der Waals surface area (Å²) >= 11 is 0. The number of ether oxygens (including phenoxy) is 1. The summed E-state index contributed by atoms with van der Waals surface area (Å²) in [5, 5.41) is 4.54. The summed E-state index contributed by atoms with van der Waals surface area (Å²) in [6, 6.07) is 101. The van der Waals surface area contributed by atoms with Gasteiger partial charge in [-0.25, -0.2) is 0 Å². The average Bonchev–Trinajstić information content (AvgIpc) is 4.09. The second kappa shape index (κ2) is 17.1. The predicted octanol–water partition coefficient (Wildman–Crippen LogP) is 19.5. The number of nitrogens with zero attached hydrogens (tertiary/aromatic N) is 2. The topological polar surface area (TPSA) is 28.9 Å². The van der Waals surface area contributed by atoms with Crippen LogP contribution in [0.5, 0.6) is 11.5 Å². The molecule has 0 fully saturated rings. The molecule has 0 atom stereocenters. The first kappa shape index (κ1) is 42.8. The molecule has 75 heavy (non-hydrogen) atoms. The van der Waals surface area contributed by atoms with Crippen molar-refractivity contribution in [2.24, 2.45) is 0 Å². The third-order valence-electron chi connectivity index (χ3n) is 15.4. The average molecular weight is 959 g/mol. The second-order valence-corrected chi connectivity index (χ2v) is 19.6. The van der Waals surface area contributed by atoms with Crippen LogP contribution in [0.25, 0.3) is 66.1 Å². The van der Waals surface area contributed by atoms with Gasteiger partial charge in [0.1, 0.15) is 22.7 Å². The van der Waals surface area contributed by atoms with Crippen LogP contribution in [0.3, 0.4) is 0 Å². The van der Waals surface area contributed by atoms with Crippen LogP contribution in [0.4, 0.5) is 34.1 Å². The Bertz CT molecular complexity index is 4280. The lowest BCUT2D eigenvalue weighted by molar-refractivity contribution is 0.436. The van der Waals surface area contributed by atoms with Gasteiger partial charge in [-0.15, -0.1) is 0 Å². The van der Waals surface area contributed by atoms with E-state index in [2.05, 4.69) is 277 Å². The van der Waals surface area contributed by atoms with E-state index in [4.69, 9.17) is 9.15 Å². The highest BCUT2D eigenvalue weighted by atomic mass is 16.5. The lowest BCUT2D eigenvalue weighted by atomic mass is 9.66. The smallest absolute Gasteiger partial charge is 0.135 e. The fraction of sp³-hybridized carbons (Fsp3) is 0.0141. The number of hydrogen-bond acceptors (Lipinski definition) is 4. The van der Waals surface area contributed by atoms with Crippen molar-refractivity contribution in [3.63, 3.8) is 0 Å². The summed E-state index contributed by atoms with van der Waals surface area (Å²) in [6.07, 6.45) is 0. The Morgan fingerprint density at radius 2 is 0.800 bits per heavy atom. The summed E-state index contributed by atoms with van der Waals surface area (Å²) < 4.78 is 13.1. The molecule has 0 saturated carbocycles. The van der Waals surface area contributed by atoms with E-state index < -0.39 is 5.41 Å². The number of furan rings is 1. The van der Waals surface area contributed by atoms with Crippen molar-refractivity contribution in [2.45, 2.75) is 5.41 Å². The summed E-state index contributed by atoms with van der Waals surface area (Å²) in [6.45, 7) is 0. The molecule has 4 nitrogen and oxygen atoms in total. The molecule has 2 heterocycles. The lowest BCUT2D eigenvalue weighted by Crippen LogP contribution is -2.32. The molecule has 13 aromatic rings. The molecule has 352 valence electrons. The molecule has 12 aromatic carbocycles. The van der Waals surface area contributed by atoms with Gasteiger partial charge in [-0.2, -0.15) is 0 Å². The SMILES string of the molecule is c1ccc(N(c2ccccc2)c2cc(-c3ccc4ccccc4c3)cc(N(c3cccc(-c4ccc5c(c4)C4(c6ccccc6Oc6ccccc64)c4ccccc4-5)c3)c3ccc4oc5ccccc5c4c3)c2)cc1. The maximum Gasteiger partial charge on any atom is 0.135 e. The van der Waals surface area contributed by atoms with Gasteiger partial charge in [0.2, 0.25) is 0 Å². The number of benzene rings is 12. The van der Waals surface area contributed by atoms with E-state index in [9.17, 15) is 0 Å². The minimum absolute atomic E-state index is 0.581. The molecule has 4 heteroatoms. The Labute approximate surface area is 435 Å². The Balaban J connectivity index is 0.963. The van der Waals surface area contributed by atoms with Gasteiger partial charge in [0, 0.05) is 56.0 Å². The van der Waals surface area contributed by atoms with E-state index >= 15 is 0 Å². The van der Waals surface area contributed by atoms with Gasteiger partial charge in [0.05, 0.1) is 5.41 Å². The van der Waals surface area contributed by atoms with Crippen LogP contribution in [-0.2, 0) is 5.41 Å². The number of rotatable bonds is 8. The molecule has 15 rings (SSSR count). The molecular formula is C71H46N2O2. The van der Waals surface area contributed by atoms with E-state index in [0.717, 1.165) is 101 Å². The molecule has 0 N–H and O–H groups in total. The standard InChI is InChI=1S/C71H46N2O2/c1-3-21-53(22-4-1)72(54-23-5-2-6-24-54)57-42-52(50-35-34-47-18-7-8-19-48(47)40-50)43-58(45-57)73(56-37-39-68-62(46-56)61-27-10-14-31-67(61)74-68)55-25-17-20-49(41-55)51-36-38-60-59-26-9-11-28-63(59)71(66(60)44-51)64-29-12-15-32-69(64)75-70-33-16-13-30-65(70)71/h1-46H. The van der Waals surface area contributed by atoms with Crippen molar-refractivity contribution in [3.05, 3.63) is 301 Å². The highest BCUT2D eigenvalue weighted by molar-refractivity contribution is 6.07. The number of fused-ring (bicyclic) bond motifs is 13. The number of hydrogen-bond donors (Lipinski definition) is 0. The fourth-order valence-corrected chi connectivity index (χ4v) is 12.1. The molecule has 0 amide bonds. The molecule has 0 saturated heterocycles. The van der Waals surface area contributed by atoms with Crippen LogP contribution >= 0.6 is 0 Å². The van der Waals surface area contributed by atoms with E-state index in [-0.39, 0.29) is 0 Å². The molecule has 0 unspecified atom stereocenters. The minimum Gasteiger partial charge on any atom is -0.457 e. The highest BCUT2D eigenvalue weighted by Crippen LogP contribution is 2.62. The monoisotopic (exact) mass is 958 g/mol. The molecule has 0 bridgehead atoms. The van der Waals surface area contributed by atoms with Gasteiger partial charge >= 0.3 is 0 Å². The third-order valence-corrected chi connectivity index (χ3v) is 15.4. The van der Waals surface area contributed by atoms with E-state index in [1.54, 1.807) is 0 Å². The number of para-hydroxylation sites is 5. The van der Waals surface area contributed by atoms with Gasteiger partial charge < -0.3 is 19.0 Å². The van der Waals surface area contributed by atoms with Crippen molar-refractivity contribution >= 4 is 66.8 Å². The van der Waals surface area contributed by atoms with Crippen molar-refractivity contribution in [3.8, 4) is 44.9 Å². The van der Waals surface area contributed by atoms with E-state index in [1.165, 1.54) is 33.0 Å².